The van der Waals surface area contributed by atoms with Gasteiger partial charge >= 0.3 is 11.9 Å². The van der Waals surface area contributed by atoms with Gasteiger partial charge in [0.2, 0.25) is 5.60 Å². The van der Waals surface area contributed by atoms with Gasteiger partial charge in [0.15, 0.2) is 0 Å². The van der Waals surface area contributed by atoms with E-state index in [1.807, 2.05) is 13.8 Å². The Morgan fingerprint density at radius 2 is 1.77 bits per heavy atom. The van der Waals surface area contributed by atoms with Crippen LogP contribution in [0.2, 0.25) is 0 Å². The summed E-state index contributed by atoms with van der Waals surface area (Å²) < 4.78 is 10.9. The van der Waals surface area contributed by atoms with Gasteiger partial charge in [-0.25, -0.2) is 4.79 Å². The number of rotatable bonds is 5. The molecule has 0 amide bonds. The highest BCUT2D eigenvalue weighted by Gasteiger charge is 2.46. The highest BCUT2D eigenvalue weighted by Crippen LogP contribution is 2.36. The van der Waals surface area contributed by atoms with E-state index >= 15 is 0 Å². The van der Waals surface area contributed by atoms with Gasteiger partial charge < -0.3 is 9.47 Å². The van der Waals surface area contributed by atoms with Crippen LogP contribution in [0.25, 0.3) is 0 Å². The average Bonchev–Trinajstić information content (AvgIpc) is 2.61. The number of carbonyl (C=O) groups excluding carboxylic acids is 3. The van der Waals surface area contributed by atoms with Crippen LogP contribution in [0.3, 0.4) is 0 Å². The summed E-state index contributed by atoms with van der Waals surface area (Å²) in [6, 6.07) is 0. The van der Waals surface area contributed by atoms with Crippen LogP contribution in [0.4, 0.5) is 0 Å². The Hall–Kier alpha value is -1.39. The van der Waals surface area contributed by atoms with Gasteiger partial charge in [0.1, 0.15) is 11.4 Å². The monoisotopic (exact) mass is 312 g/mol. The summed E-state index contributed by atoms with van der Waals surface area (Å²) in [6.45, 7) is 12.0. The topological polar surface area (TPSA) is 69.7 Å². The molecule has 0 saturated heterocycles. The lowest BCUT2D eigenvalue weighted by Crippen LogP contribution is -2.45. The number of esters is 2. The zero-order chi connectivity index (χ0) is 17.3. The van der Waals surface area contributed by atoms with E-state index in [1.54, 1.807) is 20.8 Å². The van der Waals surface area contributed by atoms with Crippen LogP contribution >= 0.6 is 0 Å². The van der Waals surface area contributed by atoms with Crippen LogP contribution in [-0.4, -0.2) is 28.9 Å². The maximum absolute atomic E-state index is 12.4. The second kappa shape index (κ2) is 6.01. The first-order valence-electron chi connectivity index (χ1n) is 7.82. The molecule has 1 rings (SSSR count). The predicted molar refractivity (Wildman–Crippen MR) is 82.1 cm³/mol. The van der Waals surface area contributed by atoms with Crippen molar-refractivity contribution in [3.63, 3.8) is 0 Å². The zero-order valence-electron chi connectivity index (χ0n) is 14.7. The van der Waals surface area contributed by atoms with Crippen LogP contribution in [0.15, 0.2) is 0 Å². The Morgan fingerprint density at radius 1 is 1.23 bits per heavy atom. The molecule has 0 aliphatic heterocycles. The summed E-state index contributed by atoms with van der Waals surface area (Å²) >= 11 is 0. The number of ether oxygens (including phenoxy) is 2. The van der Waals surface area contributed by atoms with Crippen molar-refractivity contribution in [1.82, 2.24) is 0 Å². The molecular weight excluding hydrogens is 284 g/mol. The van der Waals surface area contributed by atoms with Crippen LogP contribution in [-0.2, 0) is 23.9 Å². The smallest absolute Gasteiger partial charge is 0.350 e. The predicted octanol–water partition coefficient (Wildman–Crippen LogP) is 3.05. The minimum Gasteiger partial charge on any atom is -0.456 e. The summed E-state index contributed by atoms with van der Waals surface area (Å²) in [5.74, 6) is -1.06. The molecule has 0 aromatic rings. The molecule has 0 aromatic heterocycles. The van der Waals surface area contributed by atoms with Crippen LogP contribution < -0.4 is 0 Å². The molecule has 22 heavy (non-hydrogen) atoms. The molecule has 1 fully saturated rings. The Bertz CT molecular complexity index is 477. The normalized spacial score (nSPS) is 26.0. The Balaban J connectivity index is 2.75. The molecule has 0 bridgehead atoms. The van der Waals surface area contributed by atoms with Crippen molar-refractivity contribution in [2.45, 2.75) is 78.9 Å². The van der Waals surface area contributed by atoms with E-state index in [4.69, 9.17) is 9.47 Å². The fourth-order valence-corrected chi connectivity index (χ4v) is 2.36. The van der Waals surface area contributed by atoms with E-state index in [1.165, 1.54) is 13.8 Å². The van der Waals surface area contributed by atoms with E-state index in [2.05, 4.69) is 0 Å². The van der Waals surface area contributed by atoms with Gasteiger partial charge in [0.25, 0.3) is 0 Å². The van der Waals surface area contributed by atoms with Gasteiger partial charge in [-0.3, -0.25) is 9.59 Å². The largest absolute Gasteiger partial charge is 0.456 e. The minimum atomic E-state index is -1.37. The first kappa shape index (κ1) is 18.7. The second-order valence-corrected chi connectivity index (χ2v) is 7.72. The van der Waals surface area contributed by atoms with Crippen molar-refractivity contribution in [3.8, 4) is 0 Å². The molecule has 0 heterocycles. The maximum Gasteiger partial charge on any atom is 0.350 e. The van der Waals surface area contributed by atoms with E-state index in [0.717, 1.165) is 0 Å². The lowest BCUT2D eigenvalue weighted by molar-refractivity contribution is -0.193. The minimum absolute atomic E-state index is 0.0946. The molecule has 5 heteroatoms. The van der Waals surface area contributed by atoms with Gasteiger partial charge in [0, 0.05) is 12.3 Å². The second-order valence-electron chi connectivity index (χ2n) is 7.72. The number of Topliss-reactive ketones (excluding diaryl/α,β-unsaturated/α-hetero) is 1. The zero-order valence-corrected chi connectivity index (χ0v) is 14.7. The molecule has 0 spiro atoms. The highest BCUT2D eigenvalue weighted by atomic mass is 16.6. The van der Waals surface area contributed by atoms with Crippen molar-refractivity contribution in [2.24, 2.45) is 11.3 Å². The number of ketones is 1. The third-order valence-electron chi connectivity index (χ3n) is 4.45. The first-order chi connectivity index (χ1) is 9.83. The Morgan fingerprint density at radius 3 is 2.18 bits per heavy atom. The van der Waals surface area contributed by atoms with Gasteiger partial charge in [0.05, 0.1) is 5.41 Å². The van der Waals surface area contributed by atoms with Crippen molar-refractivity contribution in [2.75, 3.05) is 0 Å². The summed E-state index contributed by atoms with van der Waals surface area (Å²) in [4.78, 5) is 36.2. The third-order valence-corrected chi connectivity index (χ3v) is 4.45. The van der Waals surface area contributed by atoms with E-state index in [9.17, 15) is 14.4 Å². The van der Waals surface area contributed by atoms with Crippen molar-refractivity contribution in [1.29, 1.82) is 0 Å². The van der Waals surface area contributed by atoms with Gasteiger partial charge in [-0.05, 0) is 47.5 Å². The average molecular weight is 312 g/mol. The first-order valence-corrected chi connectivity index (χ1v) is 7.82. The molecule has 0 aromatic carbocycles. The molecule has 2 atom stereocenters. The molecule has 1 saturated carbocycles. The molecular formula is C17H28O5. The van der Waals surface area contributed by atoms with Crippen LogP contribution in [0.1, 0.15) is 67.7 Å². The lowest BCUT2D eigenvalue weighted by Gasteiger charge is -2.32. The van der Waals surface area contributed by atoms with Crippen LogP contribution in [0, 0.1) is 11.3 Å². The molecule has 1 aliphatic carbocycles. The Labute approximate surface area is 132 Å². The molecule has 126 valence electrons. The summed E-state index contributed by atoms with van der Waals surface area (Å²) in [5.41, 5.74) is -2.84. The fraction of sp³-hybridized carbons (Fsp3) is 0.824. The maximum atomic E-state index is 12.4. The number of carbonyl (C=O) groups is 3. The highest BCUT2D eigenvalue weighted by molar-refractivity contribution is 5.87. The van der Waals surface area contributed by atoms with Gasteiger partial charge in [-0.1, -0.05) is 13.8 Å². The third kappa shape index (κ3) is 4.08. The standard InChI is InChI=1S/C17H28O5/c1-8-15(3,4)13(19)21-16(5,6)14(20)22-17(7)9-11(2)12(18)10-17/h11H,8-10H2,1-7H3. The summed E-state index contributed by atoms with van der Waals surface area (Å²) in [5, 5.41) is 0. The van der Waals surface area contributed by atoms with Crippen molar-refractivity contribution >= 4 is 17.7 Å². The lowest BCUT2D eigenvalue weighted by atomic mass is 9.90. The van der Waals surface area contributed by atoms with E-state index in [0.29, 0.717) is 12.8 Å². The van der Waals surface area contributed by atoms with E-state index in [-0.39, 0.29) is 18.1 Å². The quantitative estimate of drug-likeness (QED) is 0.730. The number of hydrogen-bond acceptors (Lipinski definition) is 5. The summed E-state index contributed by atoms with van der Waals surface area (Å²) in [7, 11) is 0. The Kier molecular flexibility index (Phi) is 5.10. The van der Waals surface area contributed by atoms with Crippen LogP contribution in [0.5, 0.6) is 0 Å². The number of hydrogen-bond donors (Lipinski definition) is 0. The summed E-state index contributed by atoms with van der Waals surface area (Å²) in [6.07, 6.45) is 1.33. The van der Waals surface area contributed by atoms with Gasteiger partial charge in [-0.15, -0.1) is 0 Å². The van der Waals surface area contributed by atoms with Crippen molar-refractivity contribution < 1.29 is 23.9 Å². The molecule has 0 radical (unpaired) electrons. The molecule has 5 nitrogen and oxygen atoms in total. The fourth-order valence-electron chi connectivity index (χ4n) is 2.36. The molecule has 2 unspecified atom stereocenters. The van der Waals surface area contributed by atoms with E-state index < -0.39 is 28.6 Å². The van der Waals surface area contributed by atoms with Crippen molar-refractivity contribution in [3.05, 3.63) is 0 Å². The van der Waals surface area contributed by atoms with Gasteiger partial charge in [-0.2, -0.15) is 0 Å². The molecule has 0 N–H and O–H groups in total. The molecule has 1 aliphatic rings. The SMILES string of the molecule is CCC(C)(C)C(=O)OC(C)(C)C(=O)OC1(C)CC(=O)C(C)C1.